The summed E-state index contributed by atoms with van der Waals surface area (Å²) in [5.41, 5.74) is 0.313. The van der Waals surface area contributed by atoms with Crippen molar-refractivity contribution >= 4 is 45.1 Å². The van der Waals surface area contributed by atoms with Crippen LogP contribution in [-0.4, -0.2) is 35.0 Å². The smallest absolute Gasteiger partial charge is 0.326 e. The van der Waals surface area contributed by atoms with E-state index in [0.717, 1.165) is 3.79 Å². The van der Waals surface area contributed by atoms with Crippen molar-refractivity contribution in [3.63, 3.8) is 0 Å². The summed E-state index contributed by atoms with van der Waals surface area (Å²) < 4.78 is 25.9. The predicted octanol–water partition coefficient (Wildman–Crippen LogP) is 3.38. The molecule has 1 aromatic heterocycles. The second-order valence-electron chi connectivity index (χ2n) is 5.94. The van der Waals surface area contributed by atoms with Crippen LogP contribution >= 0.6 is 27.3 Å². The Hall–Kier alpha value is -2.33. The van der Waals surface area contributed by atoms with Gasteiger partial charge in [-0.2, -0.15) is 0 Å². The quantitative estimate of drug-likeness (QED) is 0.546. The highest BCUT2D eigenvalue weighted by atomic mass is 79.9. The van der Waals surface area contributed by atoms with Gasteiger partial charge in [-0.05, 0) is 40.5 Å². The number of aliphatic carboxylic acids is 1. The van der Waals surface area contributed by atoms with E-state index >= 15 is 0 Å². The van der Waals surface area contributed by atoms with E-state index in [2.05, 4.69) is 26.6 Å². The highest BCUT2D eigenvalue weighted by Gasteiger charge is 2.25. The van der Waals surface area contributed by atoms with Crippen LogP contribution in [0.3, 0.4) is 0 Å². The molecule has 2 rings (SSSR count). The first-order valence-electron chi connectivity index (χ1n) is 8.13. The molecule has 2 atom stereocenters. The zero-order valence-corrected chi connectivity index (χ0v) is 17.0. The van der Waals surface area contributed by atoms with Crippen LogP contribution in [0.4, 0.5) is 8.78 Å². The van der Waals surface area contributed by atoms with Crippen molar-refractivity contribution in [2.75, 3.05) is 0 Å². The number of carbonyl (C=O) groups is 3. The number of halogens is 3. The van der Waals surface area contributed by atoms with Crippen molar-refractivity contribution in [3.8, 4) is 0 Å². The van der Waals surface area contributed by atoms with Gasteiger partial charge in [0.1, 0.15) is 12.1 Å². The lowest BCUT2D eigenvalue weighted by Gasteiger charge is -2.19. The van der Waals surface area contributed by atoms with Crippen LogP contribution in [-0.2, 0) is 16.0 Å². The van der Waals surface area contributed by atoms with Gasteiger partial charge in [-0.15, -0.1) is 11.3 Å². The second-order valence-corrected chi connectivity index (χ2v) is 8.41. The molecule has 1 heterocycles. The summed E-state index contributed by atoms with van der Waals surface area (Å²) in [6.45, 7) is 1.44. The van der Waals surface area contributed by atoms with Crippen molar-refractivity contribution in [2.24, 2.45) is 0 Å². The summed E-state index contributed by atoms with van der Waals surface area (Å²) in [4.78, 5) is 36.2. The van der Waals surface area contributed by atoms with Gasteiger partial charge in [0.05, 0.1) is 8.66 Å². The molecule has 28 heavy (non-hydrogen) atoms. The van der Waals surface area contributed by atoms with Crippen LogP contribution in [0.2, 0.25) is 0 Å². The van der Waals surface area contributed by atoms with Crippen LogP contribution in [0.25, 0.3) is 0 Å². The van der Waals surface area contributed by atoms with Gasteiger partial charge in [-0.25, -0.2) is 13.6 Å². The van der Waals surface area contributed by atoms with Gasteiger partial charge in [0.25, 0.3) is 12.3 Å². The highest BCUT2D eigenvalue weighted by Crippen LogP contribution is 2.22. The molecular weight excluding hydrogens is 458 g/mol. The Morgan fingerprint density at radius 2 is 1.75 bits per heavy atom. The van der Waals surface area contributed by atoms with E-state index in [0.29, 0.717) is 10.4 Å². The molecule has 150 valence electrons. The van der Waals surface area contributed by atoms with Crippen LogP contribution in [0.1, 0.15) is 34.1 Å². The van der Waals surface area contributed by atoms with Crippen molar-refractivity contribution in [1.82, 2.24) is 10.6 Å². The fourth-order valence-electron chi connectivity index (χ4n) is 2.30. The van der Waals surface area contributed by atoms with Gasteiger partial charge >= 0.3 is 5.97 Å². The minimum absolute atomic E-state index is 0.0802. The number of hydrogen-bond acceptors (Lipinski definition) is 4. The lowest BCUT2D eigenvalue weighted by molar-refractivity contribution is -0.142. The zero-order valence-electron chi connectivity index (χ0n) is 14.6. The van der Waals surface area contributed by atoms with Crippen molar-refractivity contribution < 1.29 is 28.3 Å². The minimum Gasteiger partial charge on any atom is -0.480 e. The number of hydrogen-bond donors (Lipinski definition) is 3. The van der Waals surface area contributed by atoms with E-state index in [9.17, 15) is 28.3 Å². The molecular formula is C18H17BrF2N2O4S. The van der Waals surface area contributed by atoms with E-state index in [-0.39, 0.29) is 12.0 Å². The van der Waals surface area contributed by atoms with Crippen molar-refractivity contribution in [3.05, 3.63) is 56.2 Å². The van der Waals surface area contributed by atoms with Crippen molar-refractivity contribution in [2.45, 2.75) is 31.9 Å². The second kappa shape index (κ2) is 9.74. The number of nitrogens with one attached hydrogen (secondary N) is 2. The van der Waals surface area contributed by atoms with Crippen LogP contribution in [0.15, 0.2) is 40.2 Å². The zero-order chi connectivity index (χ0) is 20.8. The average molecular weight is 475 g/mol. The average Bonchev–Trinajstić information content (AvgIpc) is 3.07. The third kappa shape index (κ3) is 6.10. The topological polar surface area (TPSA) is 95.5 Å². The van der Waals surface area contributed by atoms with E-state index in [1.54, 1.807) is 12.1 Å². The lowest BCUT2D eigenvalue weighted by Crippen LogP contribution is -2.51. The van der Waals surface area contributed by atoms with E-state index in [4.69, 9.17) is 0 Å². The summed E-state index contributed by atoms with van der Waals surface area (Å²) in [6.07, 6.45) is -2.69. The molecule has 2 aromatic rings. The van der Waals surface area contributed by atoms with Crippen molar-refractivity contribution in [1.29, 1.82) is 0 Å². The van der Waals surface area contributed by atoms with Gasteiger partial charge in [0.2, 0.25) is 5.91 Å². The normalized spacial score (nSPS) is 13.0. The molecule has 0 spiro atoms. The van der Waals surface area contributed by atoms with Crippen LogP contribution in [0.5, 0.6) is 0 Å². The van der Waals surface area contributed by atoms with Gasteiger partial charge in [-0.1, -0.05) is 24.3 Å². The first-order chi connectivity index (χ1) is 13.2. The summed E-state index contributed by atoms with van der Waals surface area (Å²) in [5, 5.41) is 14.2. The Balaban J connectivity index is 1.97. The number of carbonyl (C=O) groups excluding carboxylic acids is 2. The highest BCUT2D eigenvalue weighted by molar-refractivity contribution is 9.11. The van der Waals surface area contributed by atoms with Gasteiger partial charge < -0.3 is 15.7 Å². The Morgan fingerprint density at radius 3 is 2.25 bits per heavy atom. The number of carboxylic acid groups (broad SMARTS) is 1. The largest absolute Gasteiger partial charge is 0.480 e. The maximum absolute atomic E-state index is 12.6. The number of amides is 2. The molecule has 2 amide bonds. The first kappa shape index (κ1) is 22.0. The molecule has 0 aliphatic rings. The standard InChI is InChI=1S/C18H17BrF2N2O4S/c1-9(22-17(25)13-6-7-14(19)28-13)16(24)23-12(18(26)27)8-10-2-4-11(5-3-10)15(20)21/h2-7,9,12,15H,8H2,1H3,(H,22,25)(H,23,24)(H,26,27). The fourth-order valence-corrected chi connectivity index (χ4v) is 3.59. The fraction of sp³-hybridized carbons (Fsp3) is 0.278. The summed E-state index contributed by atoms with van der Waals surface area (Å²) in [5.74, 6) is -2.39. The maximum atomic E-state index is 12.6. The molecule has 0 saturated carbocycles. The maximum Gasteiger partial charge on any atom is 0.326 e. The molecule has 3 N–H and O–H groups in total. The van der Waals surface area contributed by atoms with Gasteiger partial charge in [-0.3, -0.25) is 9.59 Å². The van der Waals surface area contributed by atoms with E-state index in [1.165, 1.54) is 42.5 Å². The molecule has 0 radical (unpaired) electrons. The Labute approximate surface area is 172 Å². The van der Waals surface area contributed by atoms with Crippen LogP contribution < -0.4 is 10.6 Å². The predicted molar refractivity (Wildman–Crippen MR) is 104 cm³/mol. The molecule has 0 bridgehead atoms. The minimum atomic E-state index is -2.61. The third-order valence-electron chi connectivity index (χ3n) is 3.82. The lowest BCUT2D eigenvalue weighted by atomic mass is 10.0. The number of alkyl halides is 2. The summed E-state index contributed by atoms with van der Waals surface area (Å²) >= 11 is 4.44. The SMILES string of the molecule is CC(NC(=O)c1ccc(Br)s1)C(=O)NC(Cc1ccc(C(F)F)cc1)C(=O)O. The molecule has 1 aromatic carbocycles. The summed E-state index contributed by atoms with van der Waals surface area (Å²) in [6, 6.07) is 6.27. The number of benzene rings is 1. The Morgan fingerprint density at radius 1 is 1.11 bits per heavy atom. The Bertz CT molecular complexity index is 858. The summed E-state index contributed by atoms with van der Waals surface area (Å²) in [7, 11) is 0. The molecule has 6 nitrogen and oxygen atoms in total. The monoisotopic (exact) mass is 474 g/mol. The molecule has 0 fully saturated rings. The third-order valence-corrected chi connectivity index (χ3v) is 5.45. The van der Waals surface area contributed by atoms with Crippen LogP contribution in [0, 0.1) is 0 Å². The van der Waals surface area contributed by atoms with E-state index in [1.807, 2.05) is 0 Å². The first-order valence-corrected chi connectivity index (χ1v) is 9.74. The van der Waals surface area contributed by atoms with Gasteiger partial charge in [0.15, 0.2) is 0 Å². The Kier molecular flexibility index (Phi) is 7.64. The number of carboxylic acids is 1. The molecule has 0 aliphatic heterocycles. The van der Waals surface area contributed by atoms with E-state index < -0.39 is 36.3 Å². The molecule has 0 aliphatic carbocycles. The number of rotatable bonds is 8. The molecule has 2 unspecified atom stereocenters. The molecule has 10 heteroatoms. The van der Waals surface area contributed by atoms with Gasteiger partial charge in [0, 0.05) is 12.0 Å². The molecule has 0 saturated heterocycles. The number of thiophene rings is 1.